The number of hydrogen-bond donors (Lipinski definition) is 2. The number of rotatable bonds is 6. The highest BCUT2D eigenvalue weighted by molar-refractivity contribution is 5.47. The van der Waals surface area contributed by atoms with Gasteiger partial charge in [-0.2, -0.15) is 4.98 Å². The summed E-state index contributed by atoms with van der Waals surface area (Å²) in [7, 11) is 0. The number of aromatic nitrogens is 3. The summed E-state index contributed by atoms with van der Waals surface area (Å²) in [6, 6.07) is 4.18. The van der Waals surface area contributed by atoms with Crippen LogP contribution in [0.3, 0.4) is 0 Å². The monoisotopic (exact) mass is 248 g/mol. The van der Waals surface area contributed by atoms with Crippen molar-refractivity contribution < 1.29 is 4.52 Å². The highest BCUT2D eigenvalue weighted by Gasteiger charge is 2.23. The van der Waals surface area contributed by atoms with Crippen molar-refractivity contribution in [1.82, 2.24) is 20.4 Å². The summed E-state index contributed by atoms with van der Waals surface area (Å²) in [5.74, 6) is 1.58. The zero-order valence-corrected chi connectivity index (χ0v) is 11.1. The van der Waals surface area contributed by atoms with Crippen LogP contribution in [0.25, 0.3) is 11.5 Å². The molecule has 2 heterocycles. The van der Waals surface area contributed by atoms with Gasteiger partial charge < -0.3 is 14.8 Å². The fourth-order valence-corrected chi connectivity index (χ4v) is 2.17. The van der Waals surface area contributed by atoms with Crippen molar-refractivity contribution in [3.8, 4) is 11.5 Å². The zero-order valence-electron chi connectivity index (χ0n) is 11.1. The van der Waals surface area contributed by atoms with Crippen LogP contribution in [0.2, 0.25) is 0 Å². The van der Waals surface area contributed by atoms with Crippen LogP contribution in [-0.2, 0) is 0 Å². The molecule has 0 bridgehead atoms. The summed E-state index contributed by atoms with van der Waals surface area (Å²) < 4.78 is 5.39. The maximum absolute atomic E-state index is 5.39. The standard InChI is InChI=1S/C13H20N4O/c1-4-10(9(3)14-5-2)13-16-12(17-18-13)11-7-6-8-15-11/h6-10,14-15H,4-5H2,1-3H3. The minimum atomic E-state index is 0.251. The van der Waals surface area contributed by atoms with E-state index in [1.54, 1.807) is 0 Å². The van der Waals surface area contributed by atoms with Gasteiger partial charge >= 0.3 is 0 Å². The van der Waals surface area contributed by atoms with Gasteiger partial charge in [0.15, 0.2) is 0 Å². The number of H-pyrrole nitrogens is 1. The first-order chi connectivity index (χ1) is 8.76. The lowest BCUT2D eigenvalue weighted by atomic mass is 9.98. The van der Waals surface area contributed by atoms with Crippen LogP contribution in [0.15, 0.2) is 22.9 Å². The molecule has 2 rings (SSSR count). The normalized spacial score (nSPS) is 14.6. The molecule has 0 amide bonds. The summed E-state index contributed by atoms with van der Waals surface area (Å²) in [5.41, 5.74) is 0.885. The van der Waals surface area contributed by atoms with Crippen molar-refractivity contribution in [3.05, 3.63) is 24.2 Å². The van der Waals surface area contributed by atoms with Gasteiger partial charge in [0.2, 0.25) is 11.7 Å². The molecule has 18 heavy (non-hydrogen) atoms. The molecular weight excluding hydrogens is 228 g/mol. The van der Waals surface area contributed by atoms with Crippen molar-refractivity contribution >= 4 is 0 Å². The van der Waals surface area contributed by atoms with Crippen LogP contribution in [0.4, 0.5) is 0 Å². The third kappa shape index (κ3) is 2.61. The first-order valence-electron chi connectivity index (χ1n) is 6.47. The van der Waals surface area contributed by atoms with Gasteiger partial charge in [-0.3, -0.25) is 0 Å². The molecule has 5 heteroatoms. The molecule has 5 nitrogen and oxygen atoms in total. The topological polar surface area (TPSA) is 66.7 Å². The number of aromatic amines is 1. The summed E-state index contributed by atoms with van der Waals surface area (Å²) in [5, 5.41) is 7.43. The molecule has 0 aliphatic carbocycles. The number of nitrogens with one attached hydrogen (secondary N) is 2. The van der Waals surface area contributed by atoms with Gasteiger partial charge in [0.1, 0.15) is 0 Å². The predicted molar refractivity (Wildman–Crippen MR) is 70.3 cm³/mol. The van der Waals surface area contributed by atoms with Gasteiger partial charge in [-0.1, -0.05) is 19.0 Å². The Balaban J connectivity index is 2.17. The highest BCUT2D eigenvalue weighted by Crippen LogP contribution is 2.24. The van der Waals surface area contributed by atoms with E-state index in [-0.39, 0.29) is 5.92 Å². The summed E-state index contributed by atoms with van der Waals surface area (Å²) in [4.78, 5) is 7.56. The molecule has 0 aliphatic heterocycles. The van der Waals surface area contributed by atoms with E-state index in [1.807, 2.05) is 18.3 Å². The third-order valence-corrected chi connectivity index (χ3v) is 3.17. The van der Waals surface area contributed by atoms with Crippen molar-refractivity contribution in [2.75, 3.05) is 6.54 Å². The molecule has 0 saturated heterocycles. The van der Waals surface area contributed by atoms with Crippen molar-refractivity contribution in [3.63, 3.8) is 0 Å². The Labute approximate surface area is 107 Å². The van der Waals surface area contributed by atoms with Gasteiger partial charge in [-0.05, 0) is 32.0 Å². The minimum Gasteiger partial charge on any atom is -0.359 e. The molecule has 2 N–H and O–H groups in total. The van der Waals surface area contributed by atoms with Gasteiger partial charge in [-0.25, -0.2) is 0 Å². The second kappa shape index (κ2) is 5.82. The Bertz CT molecular complexity index is 463. The van der Waals surface area contributed by atoms with Crippen molar-refractivity contribution in [2.24, 2.45) is 0 Å². The second-order valence-electron chi connectivity index (χ2n) is 4.40. The maximum atomic E-state index is 5.39. The first kappa shape index (κ1) is 12.8. The molecule has 2 aromatic heterocycles. The average Bonchev–Trinajstić information content (AvgIpc) is 3.00. The van der Waals surface area contributed by atoms with Crippen LogP contribution in [0, 0.1) is 0 Å². The van der Waals surface area contributed by atoms with Crippen LogP contribution in [0.5, 0.6) is 0 Å². The molecule has 0 spiro atoms. The molecule has 0 saturated carbocycles. The minimum absolute atomic E-state index is 0.251. The van der Waals surface area contributed by atoms with Crippen LogP contribution in [0.1, 0.15) is 39.0 Å². The van der Waals surface area contributed by atoms with Gasteiger partial charge in [0.05, 0.1) is 11.6 Å². The number of likely N-dealkylation sites (N-methyl/N-ethyl adjacent to an activating group) is 1. The largest absolute Gasteiger partial charge is 0.359 e. The first-order valence-corrected chi connectivity index (χ1v) is 6.47. The highest BCUT2D eigenvalue weighted by atomic mass is 16.5. The Morgan fingerprint density at radius 3 is 2.89 bits per heavy atom. The summed E-state index contributed by atoms with van der Waals surface area (Å²) in [6.07, 6.45) is 2.82. The second-order valence-corrected chi connectivity index (χ2v) is 4.40. The average molecular weight is 248 g/mol. The lowest BCUT2D eigenvalue weighted by Crippen LogP contribution is -2.31. The molecule has 0 aromatic carbocycles. The lowest BCUT2D eigenvalue weighted by molar-refractivity contribution is 0.318. The SMILES string of the molecule is CCNC(C)C(CC)c1nc(-c2ccc[nH]2)no1. The van der Waals surface area contributed by atoms with E-state index in [1.165, 1.54) is 0 Å². The van der Waals surface area contributed by atoms with E-state index >= 15 is 0 Å². The fourth-order valence-electron chi connectivity index (χ4n) is 2.17. The quantitative estimate of drug-likeness (QED) is 0.824. The number of hydrogen-bond acceptors (Lipinski definition) is 4. The van der Waals surface area contributed by atoms with Crippen molar-refractivity contribution in [1.29, 1.82) is 0 Å². The van der Waals surface area contributed by atoms with E-state index in [2.05, 4.69) is 41.2 Å². The molecule has 0 fully saturated rings. The van der Waals surface area contributed by atoms with E-state index in [4.69, 9.17) is 4.52 Å². The molecular formula is C13H20N4O. The van der Waals surface area contributed by atoms with E-state index in [0.717, 1.165) is 18.7 Å². The molecule has 98 valence electrons. The van der Waals surface area contributed by atoms with E-state index in [9.17, 15) is 0 Å². The Morgan fingerprint density at radius 1 is 1.44 bits per heavy atom. The van der Waals surface area contributed by atoms with Gasteiger partial charge in [0.25, 0.3) is 0 Å². The fraction of sp³-hybridized carbons (Fsp3) is 0.538. The molecule has 0 radical (unpaired) electrons. The Morgan fingerprint density at radius 2 is 2.28 bits per heavy atom. The lowest BCUT2D eigenvalue weighted by Gasteiger charge is -2.19. The predicted octanol–water partition coefficient (Wildman–Crippen LogP) is 2.56. The van der Waals surface area contributed by atoms with E-state index in [0.29, 0.717) is 17.8 Å². The molecule has 2 atom stereocenters. The Kier molecular flexibility index (Phi) is 4.15. The third-order valence-electron chi connectivity index (χ3n) is 3.17. The molecule has 2 aromatic rings. The van der Waals surface area contributed by atoms with Gasteiger partial charge in [-0.15, -0.1) is 0 Å². The zero-order chi connectivity index (χ0) is 13.0. The van der Waals surface area contributed by atoms with Crippen molar-refractivity contribution in [2.45, 2.75) is 39.2 Å². The number of nitrogens with zero attached hydrogens (tertiary/aromatic N) is 2. The van der Waals surface area contributed by atoms with Gasteiger partial charge in [0, 0.05) is 12.2 Å². The summed E-state index contributed by atoms with van der Waals surface area (Å²) >= 11 is 0. The van der Waals surface area contributed by atoms with Crippen LogP contribution < -0.4 is 5.32 Å². The maximum Gasteiger partial charge on any atom is 0.231 e. The van der Waals surface area contributed by atoms with Crippen LogP contribution >= 0.6 is 0 Å². The summed E-state index contributed by atoms with van der Waals surface area (Å²) in [6.45, 7) is 7.32. The van der Waals surface area contributed by atoms with Crippen LogP contribution in [-0.4, -0.2) is 27.7 Å². The molecule has 0 aliphatic rings. The Hall–Kier alpha value is -1.62. The smallest absolute Gasteiger partial charge is 0.231 e. The van der Waals surface area contributed by atoms with E-state index < -0.39 is 0 Å². The molecule has 2 unspecified atom stereocenters.